The standard InChI is InChI=1S/C45H70O26/c46-14-27-33(55)36(58)40(62)44(68-27)71-42-38(60)35(57)29(15-63-31(53)8-3-17-1-5-19(47)6-2-17)70-45(42)67-26-12-21-24(65-41(26)18-4-7-22(49)23(50)9-18)10-20(48)11-25(21)66-43-39(61)37(59)34(56)28(69-43)16-64-32(54)13-30(51)52/h3,8,17-29,33-50,55-62H,1-2,4-7,9-16H2,(H,51,52)/p+1. The molecule has 7 aliphatic rings. The van der Waals surface area contributed by atoms with Crippen LogP contribution in [0.2, 0.25) is 0 Å². The second kappa shape index (κ2) is 24.8. The Morgan fingerprint density at radius 1 is 0.563 bits per heavy atom. The van der Waals surface area contributed by atoms with Crippen molar-refractivity contribution in [3.05, 3.63) is 12.2 Å². The molecular weight excluding hydrogens is 956 g/mol. The Morgan fingerprint density at radius 3 is 1.80 bits per heavy atom. The molecule has 24 atom stereocenters. The van der Waals surface area contributed by atoms with Gasteiger partial charge in [0.05, 0.1) is 43.0 Å². The van der Waals surface area contributed by atoms with Gasteiger partial charge in [-0.1, -0.05) is 6.08 Å². The molecule has 0 spiro atoms. The molecule has 24 unspecified atom stereocenters. The van der Waals surface area contributed by atoms with Gasteiger partial charge in [-0.25, -0.2) is 4.79 Å². The number of aliphatic hydroxyl groups is 15. The molecule has 4 saturated heterocycles. The van der Waals surface area contributed by atoms with Gasteiger partial charge in [-0.15, -0.1) is 0 Å². The Labute approximate surface area is 407 Å². The summed E-state index contributed by atoms with van der Waals surface area (Å²) in [5.74, 6) is -4.64. The number of carboxylic acid groups (broad SMARTS) is 1. The average molecular weight is 1030 g/mol. The van der Waals surface area contributed by atoms with E-state index in [4.69, 9.17) is 47.7 Å². The molecule has 0 aromatic heterocycles. The predicted molar refractivity (Wildman–Crippen MR) is 230 cm³/mol. The second-order valence-corrected chi connectivity index (χ2v) is 19.9. The summed E-state index contributed by atoms with van der Waals surface area (Å²) < 4.78 is 52.0. The van der Waals surface area contributed by atoms with Crippen LogP contribution < -0.4 is 0 Å². The maximum Gasteiger partial charge on any atom is 0.330 e. The Bertz CT molecular complexity index is 1770. The van der Waals surface area contributed by atoms with E-state index < -0.39 is 197 Å². The van der Waals surface area contributed by atoms with Gasteiger partial charge >= 0.3 is 17.9 Å². The zero-order valence-corrected chi connectivity index (χ0v) is 38.8. The molecule has 0 radical (unpaired) electrons. The lowest BCUT2D eigenvalue weighted by Crippen LogP contribution is -2.66. The van der Waals surface area contributed by atoms with Crippen molar-refractivity contribution in [3.63, 3.8) is 0 Å². The number of allylic oxidation sites excluding steroid dienone is 1. The molecule has 3 saturated carbocycles. The number of aliphatic hydroxyl groups excluding tert-OH is 13. The highest BCUT2D eigenvalue weighted by molar-refractivity contribution is 5.90. The Morgan fingerprint density at radius 2 is 1.15 bits per heavy atom. The molecule has 406 valence electrons. The lowest BCUT2D eigenvalue weighted by molar-refractivity contribution is -0.390. The minimum absolute atomic E-state index is 0.0156. The number of fused-ring (bicyclic) bond motifs is 1. The zero-order valence-electron chi connectivity index (χ0n) is 38.8. The third kappa shape index (κ3) is 13.6. The molecule has 0 aromatic carbocycles. The largest absolute Gasteiger partial charge is 0.481 e. The predicted octanol–water partition coefficient (Wildman–Crippen LogP) is -6.17. The minimum Gasteiger partial charge on any atom is -0.481 e. The maximum absolute atomic E-state index is 12.9. The molecule has 4 heterocycles. The van der Waals surface area contributed by atoms with Crippen molar-refractivity contribution >= 4 is 17.9 Å². The summed E-state index contributed by atoms with van der Waals surface area (Å²) in [6.07, 6.45) is -29.4. The van der Waals surface area contributed by atoms with E-state index >= 15 is 0 Å². The average Bonchev–Trinajstić information content (AvgIpc) is 3.33. The molecule has 26 nitrogen and oxygen atoms in total. The van der Waals surface area contributed by atoms with Gasteiger partial charge in [-0.05, 0) is 57.3 Å². The first-order chi connectivity index (χ1) is 33.7. The van der Waals surface area contributed by atoms with Gasteiger partial charge in [0, 0.05) is 24.8 Å². The van der Waals surface area contributed by atoms with Crippen LogP contribution in [0.5, 0.6) is 0 Å². The number of carbonyl (C=O) groups is 3. The number of carbonyl (C=O) groups excluding carboxylic acids is 2. The van der Waals surface area contributed by atoms with Crippen LogP contribution in [-0.2, 0) is 52.3 Å². The first-order valence-electron chi connectivity index (χ1n) is 24.4. The molecule has 15 N–H and O–H groups in total. The summed E-state index contributed by atoms with van der Waals surface area (Å²) in [6.45, 7) is -2.20. The lowest BCUT2D eigenvalue weighted by Gasteiger charge is -2.50. The molecule has 0 bridgehead atoms. The molecule has 7 rings (SSSR count). The highest BCUT2D eigenvalue weighted by Gasteiger charge is 2.58. The van der Waals surface area contributed by atoms with Gasteiger partial charge in [0.1, 0.15) is 99.0 Å². The SMILES string of the molecule is O=C(O)CC(=O)OCC1OC(OC2CC(O)CC3[OH+]C(C4CCC(O)C(O)C4)C(OC4OC(COC(=O)C=CC5CCC(O)CC5)C(O)C(O)C4OC4OC(CO)C(O)C(O)C4O)CC23)C(O)C(O)C1O. The van der Waals surface area contributed by atoms with E-state index in [9.17, 15) is 80.8 Å². The van der Waals surface area contributed by atoms with E-state index in [1.54, 1.807) is 6.08 Å². The Balaban J connectivity index is 1.15. The summed E-state index contributed by atoms with van der Waals surface area (Å²) >= 11 is 0. The highest BCUT2D eigenvalue weighted by atomic mass is 16.8. The molecule has 7 fully saturated rings. The van der Waals surface area contributed by atoms with Crippen LogP contribution in [0.4, 0.5) is 0 Å². The van der Waals surface area contributed by atoms with Gasteiger partial charge in [-0.2, -0.15) is 0 Å². The Hall–Kier alpha value is -2.65. The number of esters is 2. The van der Waals surface area contributed by atoms with Crippen LogP contribution in [0.3, 0.4) is 0 Å². The smallest absolute Gasteiger partial charge is 0.330 e. The summed E-state index contributed by atoms with van der Waals surface area (Å²) in [4.78, 5) is 35.9. The van der Waals surface area contributed by atoms with Crippen molar-refractivity contribution in [1.29, 1.82) is 0 Å². The van der Waals surface area contributed by atoms with E-state index in [0.29, 0.717) is 32.1 Å². The fourth-order valence-corrected chi connectivity index (χ4v) is 10.8. The fourth-order valence-electron chi connectivity index (χ4n) is 10.8. The zero-order chi connectivity index (χ0) is 51.4. The van der Waals surface area contributed by atoms with Gasteiger partial charge < -0.3 is 114 Å². The van der Waals surface area contributed by atoms with Crippen molar-refractivity contribution < 1.29 is 129 Å². The maximum atomic E-state index is 12.9. The molecule has 0 amide bonds. The molecule has 26 heteroatoms. The van der Waals surface area contributed by atoms with Gasteiger partial charge in [0.2, 0.25) is 0 Å². The monoisotopic (exact) mass is 1030 g/mol. The van der Waals surface area contributed by atoms with Crippen molar-refractivity contribution in [3.8, 4) is 0 Å². The molecule has 0 aromatic rings. The third-order valence-electron chi connectivity index (χ3n) is 15.0. The summed E-state index contributed by atoms with van der Waals surface area (Å²) in [5.41, 5.74) is 0. The van der Waals surface area contributed by atoms with Crippen LogP contribution in [0.15, 0.2) is 12.2 Å². The van der Waals surface area contributed by atoms with E-state index in [1.807, 2.05) is 0 Å². The van der Waals surface area contributed by atoms with Crippen LogP contribution in [0, 0.1) is 17.8 Å². The molecule has 71 heavy (non-hydrogen) atoms. The first-order valence-corrected chi connectivity index (χ1v) is 24.4. The third-order valence-corrected chi connectivity index (χ3v) is 15.0. The lowest BCUT2D eigenvalue weighted by atomic mass is 9.72. The summed E-state index contributed by atoms with van der Waals surface area (Å²) in [5, 5.41) is 149. The van der Waals surface area contributed by atoms with E-state index in [-0.39, 0.29) is 38.0 Å². The first kappa shape index (κ1) is 56.1. The number of ether oxygens (including phenoxy) is 9. The van der Waals surface area contributed by atoms with Crippen LogP contribution in [-0.4, -0.2) is 255 Å². The van der Waals surface area contributed by atoms with Gasteiger partial charge in [0.25, 0.3) is 0 Å². The van der Waals surface area contributed by atoms with Crippen molar-refractivity contribution in [2.45, 2.75) is 212 Å². The molecule has 4 aliphatic heterocycles. The number of rotatable bonds is 16. The van der Waals surface area contributed by atoms with E-state index in [2.05, 4.69) is 0 Å². The number of hydrogen-bond acceptors (Lipinski definition) is 24. The van der Waals surface area contributed by atoms with Crippen LogP contribution in [0.1, 0.15) is 70.6 Å². The molecular formula is C45H71O26+. The normalized spacial score (nSPS) is 47.6. The van der Waals surface area contributed by atoms with Crippen molar-refractivity contribution in [2.75, 3.05) is 19.8 Å². The van der Waals surface area contributed by atoms with Crippen molar-refractivity contribution in [1.82, 2.24) is 0 Å². The summed E-state index contributed by atoms with van der Waals surface area (Å²) in [7, 11) is 0. The number of hydrogen-bond donors (Lipinski definition) is 14. The topological polar surface area (TPSA) is 421 Å². The summed E-state index contributed by atoms with van der Waals surface area (Å²) in [6, 6.07) is 0. The Kier molecular flexibility index (Phi) is 19.6. The fraction of sp³-hybridized carbons (Fsp3) is 0.889. The van der Waals surface area contributed by atoms with Crippen LogP contribution >= 0.6 is 0 Å². The minimum atomic E-state index is -1.98. The molecule has 3 aliphatic carbocycles. The van der Waals surface area contributed by atoms with E-state index in [1.165, 1.54) is 6.08 Å². The number of aliphatic carboxylic acids is 1. The second-order valence-electron chi connectivity index (χ2n) is 19.9. The van der Waals surface area contributed by atoms with Gasteiger partial charge in [0.15, 0.2) is 31.1 Å². The van der Waals surface area contributed by atoms with Gasteiger partial charge in [-0.3, -0.25) is 9.59 Å². The van der Waals surface area contributed by atoms with Crippen LogP contribution in [0.25, 0.3) is 0 Å². The number of carboxylic acids is 1. The van der Waals surface area contributed by atoms with Crippen molar-refractivity contribution in [2.24, 2.45) is 17.8 Å². The quantitative estimate of drug-likeness (QED) is 0.0296. The van der Waals surface area contributed by atoms with E-state index in [0.717, 1.165) is 0 Å². The highest BCUT2D eigenvalue weighted by Crippen LogP contribution is 2.44.